The van der Waals surface area contributed by atoms with Gasteiger partial charge in [0, 0.05) is 30.6 Å². The van der Waals surface area contributed by atoms with E-state index in [4.69, 9.17) is 4.74 Å². The molecule has 3 aromatic rings. The van der Waals surface area contributed by atoms with Crippen LogP contribution in [0.5, 0.6) is 5.75 Å². The van der Waals surface area contributed by atoms with Gasteiger partial charge in [-0.05, 0) is 40.6 Å². The van der Waals surface area contributed by atoms with Crippen LogP contribution in [0.4, 0.5) is 0 Å². The molecular weight excluding hydrogens is 402 g/mol. The van der Waals surface area contributed by atoms with Gasteiger partial charge >= 0.3 is 11.9 Å². The van der Waals surface area contributed by atoms with Gasteiger partial charge in [-0.2, -0.15) is 0 Å². The number of likely N-dealkylation sites (N-methyl/N-ethyl adjacent to an activating group) is 1. The van der Waals surface area contributed by atoms with Crippen LogP contribution in [0, 0.1) is 0 Å². The van der Waals surface area contributed by atoms with Gasteiger partial charge in [0.2, 0.25) is 0 Å². The lowest BCUT2D eigenvalue weighted by atomic mass is 9.79. The van der Waals surface area contributed by atoms with Gasteiger partial charge in [0.15, 0.2) is 0 Å². The van der Waals surface area contributed by atoms with Gasteiger partial charge in [-0.1, -0.05) is 30.3 Å². The molecule has 0 saturated carbocycles. The van der Waals surface area contributed by atoms with Gasteiger partial charge in [0.25, 0.3) is 0 Å². The molecule has 30 heavy (non-hydrogen) atoms. The van der Waals surface area contributed by atoms with Gasteiger partial charge in [0.1, 0.15) is 5.75 Å². The van der Waals surface area contributed by atoms with Crippen molar-refractivity contribution in [3.8, 4) is 5.75 Å². The molecule has 0 radical (unpaired) electrons. The maximum atomic E-state index is 11.9. The highest BCUT2D eigenvalue weighted by molar-refractivity contribution is 7.17. The van der Waals surface area contributed by atoms with Gasteiger partial charge in [-0.25, -0.2) is 9.59 Å². The predicted octanol–water partition coefficient (Wildman–Crippen LogP) is 4.04. The number of hydrogen-bond donors (Lipinski definition) is 2. The summed E-state index contributed by atoms with van der Waals surface area (Å²) in [6, 6.07) is 11.6. The summed E-state index contributed by atoms with van der Waals surface area (Å²) in [6.07, 6.45) is 0.771. The molecule has 0 spiro atoms. The largest absolute Gasteiger partial charge is 0.495 e. The molecule has 1 aromatic heterocycles. The highest BCUT2D eigenvalue weighted by Gasteiger charge is 2.32. The van der Waals surface area contributed by atoms with Crippen LogP contribution in [0.25, 0.3) is 15.7 Å². The van der Waals surface area contributed by atoms with Crippen LogP contribution in [0.2, 0.25) is 0 Å². The fourth-order valence-corrected chi connectivity index (χ4v) is 5.22. The summed E-state index contributed by atoms with van der Waals surface area (Å²) < 4.78 is 6.84. The minimum absolute atomic E-state index is 0.159. The van der Waals surface area contributed by atoms with Crippen molar-refractivity contribution in [3.63, 3.8) is 0 Å². The van der Waals surface area contributed by atoms with E-state index in [0.717, 1.165) is 38.6 Å². The quantitative estimate of drug-likeness (QED) is 0.603. The van der Waals surface area contributed by atoms with Crippen LogP contribution in [-0.4, -0.2) is 47.8 Å². The smallest absolute Gasteiger partial charge is 0.336 e. The number of thiophene rings is 1. The number of nitrogens with zero attached hydrogens (tertiary/aromatic N) is 1. The number of aliphatic carboxylic acids is 2. The zero-order valence-corrected chi connectivity index (χ0v) is 17.4. The van der Waals surface area contributed by atoms with Crippen LogP contribution in [0.1, 0.15) is 28.2 Å². The van der Waals surface area contributed by atoms with E-state index in [9.17, 15) is 19.8 Å². The highest BCUT2D eigenvalue weighted by atomic mass is 32.1. The Labute approximate surface area is 177 Å². The average molecular weight is 423 g/mol. The zero-order chi connectivity index (χ0) is 21.4. The predicted molar refractivity (Wildman–Crippen MR) is 116 cm³/mol. The number of benzene rings is 2. The third-order valence-electron chi connectivity index (χ3n) is 5.45. The number of carboxylic acid groups (broad SMARTS) is 2. The van der Waals surface area contributed by atoms with Gasteiger partial charge in [0.05, 0.1) is 17.4 Å². The Bertz CT molecular complexity index is 1180. The first-order chi connectivity index (χ1) is 14.4. The second-order valence-electron chi connectivity index (χ2n) is 7.36. The third kappa shape index (κ3) is 3.46. The molecule has 1 aliphatic heterocycles. The molecule has 4 rings (SSSR count). The Morgan fingerprint density at radius 3 is 2.70 bits per heavy atom. The molecule has 0 aliphatic carbocycles. The normalized spacial score (nSPS) is 17.0. The van der Waals surface area contributed by atoms with Gasteiger partial charge in [-0.3, -0.25) is 0 Å². The summed E-state index contributed by atoms with van der Waals surface area (Å²) in [5, 5.41) is 22.1. The molecule has 0 saturated heterocycles. The van der Waals surface area contributed by atoms with E-state index in [1.165, 1.54) is 0 Å². The topological polar surface area (TPSA) is 87.1 Å². The number of ether oxygens (including phenoxy) is 1. The summed E-state index contributed by atoms with van der Waals surface area (Å²) in [5.41, 5.74) is 3.02. The van der Waals surface area contributed by atoms with Crippen molar-refractivity contribution in [1.29, 1.82) is 0 Å². The summed E-state index contributed by atoms with van der Waals surface area (Å²) in [7, 11) is 3.66. The second kappa shape index (κ2) is 7.93. The Hall–Kier alpha value is -3.16. The van der Waals surface area contributed by atoms with E-state index in [2.05, 4.69) is 4.90 Å². The van der Waals surface area contributed by atoms with Crippen molar-refractivity contribution in [2.75, 3.05) is 20.7 Å². The Morgan fingerprint density at radius 1 is 1.20 bits per heavy atom. The Morgan fingerprint density at radius 2 is 2.00 bits per heavy atom. The van der Waals surface area contributed by atoms with Crippen molar-refractivity contribution in [1.82, 2.24) is 4.90 Å². The number of rotatable bonds is 5. The Balaban J connectivity index is 1.99. The van der Waals surface area contributed by atoms with Crippen LogP contribution in [-0.2, 0) is 16.1 Å². The first-order valence-corrected chi connectivity index (χ1v) is 10.3. The molecule has 6 nitrogen and oxygen atoms in total. The van der Waals surface area contributed by atoms with E-state index in [1.807, 2.05) is 36.7 Å². The summed E-state index contributed by atoms with van der Waals surface area (Å²) in [5.74, 6) is -1.92. The maximum absolute atomic E-state index is 11.9. The molecule has 1 aliphatic rings. The lowest BCUT2D eigenvalue weighted by Gasteiger charge is -2.35. The standard InChI is InChI=1S/C23H21NO5S/c1-24-11-14-4-3-5-15(17(23(27)28)10-19(25)26)20(14)18(12-24)16-7-6-13-8-9-30-22(13)21(16)29-2/h3-10,18H,11-12H2,1-2H3,(H,25,26)(H,27,28). The number of hydrogen-bond acceptors (Lipinski definition) is 5. The fourth-order valence-electron chi connectivity index (χ4n) is 4.29. The van der Waals surface area contributed by atoms with Crippen molar-refractivity contribution in [3.05, 3.63) is 70.1 Å². The zero-order valence-electron chi connectivity index (χ0n) is 16.6. The van der Waals surface area contributed by atoms with E-state index in [-0.39, 0.29) is 11.5 Å². The average Bonchev–Trinajstić information content (AvgIpc) is 3.18. The molecule has 1 unspecified atom stereocenters. The lowest BCUT2D eigenvalue weighted by Crippen LogP contribution is -2.32. The first-order valence-electron chi connectivity index (χ1n) is 9.43. The second-order valence-corrected chi connectivity index (χ2v) is 8.27. The van der Waals surface area contributed by atoms with E-state index in [1.54, 1.807) is 30.6 Å². The van der Waals surface area contributed by atoms with Crippen LogP contribution < -0.4 is 4.74 Å². The minimum Gasteiger partial charge on any atom is -0.495 e. The van der Waals surface area contributed by atoms with Crippen LogP contribution in [0.15, 0.2) is 47.9 Å². The van der Waals surface area contributed by atoms with Crippen LogP contribution in [0.3, 0.4) is 0 Å². The molecule has 0 fully saturated rings. The molecular formula is C23H21NO5S. The third-order valence-corrected chi connectivity index (χ3v) is 6.38. The number of fused-ring (bicyclic) bond motifs is 2. The maximum Gasteiger partial charge on any atom is 0.336 e. The van der Waals surface area contributed by atoms with E-state index >= 15 is 0 Å². The Kier molecular flexibility index (Phi) is 5.32. The van der Waals surface area contributed by atoms with Crippen molar-refractivity contribution in [2.45, 2.75) is 12.5 Å². The summed E-state index contributed by atoms with van der Waals surface area (Å²) in [4.78, 5) is 25.4. The van der Waals surface area contributed by atoms with Gasteiger partial charge in [-0.15, -0.1) is 11.3 Å². The van der Waals surface area contributed by atoms with Crippen molar-refractivity contribution < 1.29 is 24.5 Å². The highest BCUT2D eigenvalue weighted by Crippen LogP contribution is 2.44. The molecule has 2 heterocycles. The summed E-state index contributed by atoms with van der Waals surface area (Å²) in [6.45, 7) is 1.32. The SMILES string of the molecule is COc1c(C2CN(C)Cc3cccc(C(=CC(=O)O)C(=O)O)c32)ccc2ccsc12. The van der Waals surface area contributed by atoms with E-state index in [0.29, 0.717) is 18.7 Å². The van der Waals surface area contributed by atoms with E-state index < -0.39 is 11.9 Å². The molecule has 154 valence electrons. The van der Waals surface area contributed by atoms with Gasteiger partial charge < -0.3 is 19.8 Å². The molecule has 2 aromatic carbocycles. The summed E-state index contributed by atoms with van der Waals surface area (Å²) >= 11 is 1.60. The van der Waals surface area contributed by atoms with Crippen molar-refractivity contribution in [2.24, 2.45) is 0 Å². The first kappa shape index (κ1) is 20.1. The monoisotopic (exact) mass is 423 g/mol. The molecule has 0 bridgehead atoms. The van der Waals surface area contributed by atoms with Crippen LogP contribution >= 0.6 is 11.3 Å². The lowest BCUT2D eigenvalue weighted by molar-refractivity contribution is -0.133. The number of carbonyl (C=O) groups is 2. The molecule has 7 heteroatoms. The molecule has 1 atom stereocenters. The minimum atomic E-state index is -1.29. The molecule has 0 amide bonds. The fraction of sp³-hybridized carbons (Fsp3) is 0.217. The molecule has 2 N–H and O–H groups in total. The van der Waals surface area contributed by atoms with Crippen molar-refractivity contribution >= 4 is 38.9 Å². The number of methoxy groups -OCH3 is 1. The number of carboxylic acids is 2.